The minimum atomic E-state index is -0.401. The van der Waals surface area contributed by atoms with Crippen molar-refractivity contribution in [2.75, 3.05) is 5.73 Å². The van der Waals surface area contributed by atoms with Crippen LogP contribution in [0.1, 0.15) is 33.9 Å². The first-order chi connectivity index (χ1) is 25.5. The van der Waals surface area contributed by atoms with Gasteiger partial charge in [-0.05, 0) is 71.3 Å². The molecule has 0 radical (unpaired) electrons. The number of nitrogens with zero attached hydrogens (tertiary/aromatic N) is 4. The third-order valence-electron chi connectivity index (χ3n) is 9.34. The lowest BCUT2D eigenvalue weighted by molar-refractivity contribution is -0.382. The van der Waals surface area contributed by atoms with Crippen molar-refractivity contribution < 1.29 is 4.92 Å². The number of H-pyrrole nitrogens is 1. The molecule has 0 spiro atoms. The van der Waals surface area contributed by atoms with E-state index in [0.29, 0.717) is 39.4 Å². The van der Waals surface area contributed by atoms with E-state index in [1.54, 1.807) is 6.07 Å². The fourth-order valence-corrected chi connectivity index (χ4v) is 7.15. The van der Waals surface area contributed by atoms with Crippen LogP contribution < -0.4 is 5.73 Å². The highest BCUT2D eigenvalue weighted by molar-refractivity contribution is 6.12. The molecule has 2 aliphatic rings. The Morgan fingerprint density at radius 3 is 1.77 bits per heavy atom. The molecule has 0 saturated heterocycles. The maximum absolute atomic E-state index is 13.1. The number of benzene rings is 4. The van der Waals surface area contributed by atoms with Gasteiger partial charge in [0.25, 0.3) is 0 Å². The topological polar surface area (TPSA) is 116 Å². The zero-order valence-electron chi connectivity index (χ0n) is 27.8. The van der Waals surface area contributed by atoms with Gasteiger partial charge in [0.1, 0.15) is 11.2 Å². The van der Waals surface area contributed by atoms with Crippen LogP contribution in [0.25, 0.3) is 62.2 Å². The molecule has 9 rings (SSSR count). The monoisotopic (exact) mass is 674 g/mol. The maximum Gasteiger partial charge on any atom is 0.318 e. The van der Waals surface area contributed by atoms with Crippen LogP contribution in [-0.4, -0.2) is 24.4 Å². The van der Waals surface area contributed by atoms with Gasteiger partial charge in [0.2, 0.25) is 0 Å². The molecule has 0 amide bonds. The average Bonchev–Trinajstić information content (AvgIpc) is 3.96. The molecule has 8 heteroatoms. The Bertz CT molecular complexity index is 2750. The number of aromatic nitrogens is 4. The fraction of sp³-hybridized carbons (Fsp3) is 0. The van der Waals surface area contributed by atoms with Crippen molar-refractivity contribution in [2.24, 2.45) is 0 Å². The van der Waals surface area contributed by atoms with Crippen LogP contribution in [0.5, 0.6) is 0 Å². The van der Waals surface area contributed by atoms with E-state index in [0.717, 1.165) is 44.6 Å². The molecule has 0 fully saturated rings. The smallest absolute Gasteiger partial charge is 0.318 e. The van der Waals surface area contributed by atoms with Crippen LogP contribution in [0, 0.1) is 10.1 Å². The number of hydrogen-bond acceptors (Lipinski definition) is 5. The van der Waals surface area contributed by atoms with Gasteiger partial charge < -0.3 is 15.3 Å². The summed E-state index contributed by atoms with van der Waals surface area (Å²) in [6.45, 7) is 0. The Hall–Kier alpha value is -7.32. The summed E-state index contributed by atoms with van der Waals surface area (Å²) >= 11 is 0. The molecule has 8 bridgehead atoms. The number of rotatable bonds is 5. The van der Waals surface area contributed by atoms with Crippen LogP contribution in [0.2, 0.25) is 0 Å². The molecule has 52 heavy (non-hydrogen) atoms. The molecule has 3 N–H and O–H groups in total. The predicted octanol–water partition coefficient (Wildman–Crippen LogP) is 10.1. The molecule has 4 aromatic carbocycles. The lowest BCUT2D eigenvalue weighted by Gasteiger charge is -2.15. The first-order valence-corrected chi connectivity index (χ1v) is 16.9. The summed E-state index contributed by atoms with van der Waals surface area (Å²) in [5, 5.41) is 13.1. The van der Waals surface area contributed by atoms with Crippen molar-refractivity contribution in [2.45, 2.75) is 0 Å². The van der Waals surface area contributed by atoms with E-state index < -0.39 is 4.92 Å². The summed E-state index contributed by atoms with van der Waals surface area (Å²) in [6.07, 6.45) is 3.75. The lowest BCUT2D eigenvalue weighted by Crippen LogP contribution is -1.99. The van der Waals surface area contributed by atoms with Gasteiger partial charge in [-0.1, -0.05) is 109 Å². The van der Waals surface area contributed by atoms with E-state index in [9.17, 15) is 10.1 Å². The lowest BCUT2D eigenvalue weighted by atomic mass is 9.89. The number of nitro groups is 1. The van der Waals surface area contributed by atoms with E-state index in [1.807, 2.05) is 132 Å². The molecule has 0 atom stereocenters. The van der Waals surface area contributed by atoms with Gasteiger partial charge in [-0.2, -0.15) is 0 Å². The highest BCUT2D eigenvalue weighted by Gasteiger charge is 2.32. The standard InChI is InChI=1S/C44H30N6O2/c45-41-43(50(51)52)37-27-34-24-22-32(47-34)25-31-21-23-33(46-31)26-36-38(28-13-5-1-6-14-28)39(29-15-7-2-8-16-29)42(48-36)40(30-17-9-3-10-18-30)44(41)49(37)35-19-11-4-12-20-35/h1-27,46H,45H2. The van der Waals surface area contributed by atoms with Gasteiger partial charge in [-0.15, -0.1) is 0 Å². The number of para-hydroxylation sites is 1. The van der Waals surface area contributed by atoms with Crippen molar-refractivity contribution in [1.29, 1.82) is 0 Å². The maximum atomic E-state index is 13.1. The number of fused-ring (bicyclic) bond motifs is 8. The minimum absolute atomic E-state index is 0.0315. The molecule has 2 aliphatic heterocycles. The van der Waals surface area contributed by atoms with E-state index in [-0.39, 0.29) is 11.4 Å². The highest BCUT2D eigenvalue weighted by Crippen LogP contribution is 2.48. The molecule has 248 valence electrons. The van der Waals surface area contributed by atoms with E-state index in [1.165, 1.54) is 0 Å². The van der Waals surface area contributed by atoms with Crippen molar-refractivity contribution in [3.63, 3.8) is 0 Å². The first kappa shape index (κ1) is 30.7. The number of aromatic amines is 1. The summed E-state index contributed by atoms with van der Waals surface area (Å²) < 4.78 is 1.88. The third-order valence-corrected chi connectivity index (χ3v) is 9.34. The molecule has 3 aromatic heterocycles. The number of nitrogen functional groups attached to an aromatic ring is 1. The van der Waals surface area contributed by atoms with Gasteiger partial charge in [0, 0.05) is 33.4 Å². The molecule has 8 nitrogen and oxygen atoms in total. The molecule has 5 heterocycles. The van der Waals surface area contributed by atoms with Gasteiger partial charge in [-0.3, -0.25) is 10.1 Å². The summed E-state index contributed by atoms with van der Waals surface area (Å²) in [5.74, 6) is 0. The van der Waals surface area contributed by atoms with Crippen molar-refractivity contribution in [3.8, 4) is 16.8 Å². The Balaban J connectivity index is 1.61. The van der Waals surface area contributed by atoms with Crippen molar-refractivity contribution in [1.82, 2.24) is 19.5 Å². The van der Waals surface area contributed by atoms with Gasteiger partial charge in [-0.25, -0.2) is 9.97 Å². The van der Waals surface area contributed by atoms with Crippen LogP contribution in [-0.2, 0) is 0 Å². The van der Waals surface area contributed by atoms with E-state index in [4.69, 9.17) is 15.7 Å². The van der Waals surface area contributed by atoms with Crippen LogP contribution in [0.4, 0.5) is 11.4 Å². The van der Waals surface area contributed by atoms with Crippen LogP contribution in [0.15, 0.2) is 152 Å². The highest BCUT2D eigenvalue weighted by atomic mass is 16.6. The average molecular weight is 675 g/mol. The quantitative estimate of drug-likeness (QED) is 0.139. The second-order valence-electron chi connectivity index (χ2n) is 12.6. The minimum Gasteiger partial charge on any atom is -0.391 e. The van der Waals surface area contributed by atoms with Crippen LogP contribution in [0.3, 0.4) is 0 Å². The van der Waals surface area contributed by atoms with Gasteiger partial charge in [0.15, 0.2) is 0 Å². The van der Waals surface area contributed by atoms with Crippen molar-refractivity contribution in [3.05, 3.63) is 196 Å². The zero-order chi connectivity index (χ0) is 35.2. The Morgan fingerprint density at radius 1 is 0.615 bits per heavy atom. The molecule has 0 aliphatic carbocycles. The molecular weight excluding hydrogens is 645 g/mol. The number of hydrogen-bond donors (Lipinski definition) is 2. The Kier molecular flexibility index (Phi) is 7.40. The van der Waals surface area contributed by atoms with E-state index >= 15 is 0 Å². The number of nitrogens with one attached hydrogen (secondary N) is 1. The number of nitrogens with two attached hydrogens (primary N) is 1. The summed E-state index contributed by atoms with van der Waals surface area (Å²) in [4.78, 5) is 26.6. The third kappa shape index (κ3) is 5.26. The van der Waals surface area contributed by atoms with Gasteiger partial charge in [0.05, 0.1) is 33.2 Å². The molecule has 0 saturated carbocycles. The molecular formula is C44H30N6O2. The zero-order valence-corrected chi connectivity index (χ0v) is 27.8. The largest absolute Gasteiger partial charge is 0.391 e. The summed E-state index contributed by atoms with van der Waals surface area (Å²) in [6, 6.07) is 49.6. The normalized spacial score (nSPS) is 12.3. The fourth-order valence-electron chi connectivity index (χ4n) is 7.15. The van der Waals surface area contributed by atoms with E-state index in [2.05, 4.69) is 35.3 Å². The van der Waals surface area contributed by atoms with Crippen molar-refractivity contribution >= 4 is 56.7 Å². The second-order valence-corrected chi connectivity index (χ2v) is 12.6. The summed E-state index contributed by atoms with van der Waals surface area (Å²) in [7, 11) is 0. The SMILES string of the molecule is Nc1c([N+](=O)[O-])c2cc3nc(cc4ccc(cc5nc(c(-c6ccccc6)c1n2-c1ccccc1)C(c1ccccc1)=C5c1ccccc1)[nH]4)C=C3. The predicted molar refractivity (Wildman–Crippen MR) is 209 cm³/mol. The second kappa shape index (κ2) is 12.5. The number of anilines is 1. The van der Waals surface area contributed by atoms with Crippen LogP contribution >= 0.6 is 0 Å². The Labute approximate surface area is 298 Å². The molecule has 0 unspecified atom stereocenters. The first-order valence-electron chi connectivity index (χ1n) is 16.9. The Morgan fingerprint density at radius 2 is 1.15 bits per heavy atom. The molecule has 7 aromatic rings. The van der Waals surface area contributed by atoms with Gasteiger partial charge >= 0.3 is 5.69 Å². The summed E-state index contributed by atoms with van der Waals surface area (Å²) in [5.41, 5.74) is 18.0.